The van der Waals surface area contributed by atoms with E-state index in [2.05, 4.69) is 72.1 Å². The molecular formula is C24H29I2N7O2. The minimum atomic E-state index is -0.206. The Kier molecular flexibility index (Phi) is 6.67. The number of hydrogen-bond donors (Lipinski definition) is 1. The molecule has 2 aliphatic heterocycles. The van der Waals surface area contributed by atoms with Crippen LogP contribution in [0.25, 0.3) is 5.65 Å². The molecule has 35 heavy (non-hydrogen) atoms. The van der Waals surface area contributed by atoms with Crippen molar-refractivity contribution in [3.63, 3.8) is 0 Å². The predicted molar refractivity (Wildman–Crippen MR) is 151 cm³/mol. The fourth-order valence-corrected chi connectivity index (χ4v) is 6.94. The Balaban J connectivity index is 1.24. The number of carbonyl (C=O) groups is 1. The van der Waals surface area contributed by atoms with Crippen LogP contribution in [-0.2, 0) is 4.74 Å². The van der Waals surface area contributed by atoms with E-state index >= 15 is 0 Å². The maximum atomic E-state index is 13.4. The first-order valence-electron chi connectivity index (χ1n) is 12.3. The molecule has 2 saturated heterocycles. The van der Waals surface area contributed by atoms with Crippen LogP contribution < -0.4 is 10.2 Å². The fraction of sp³-hybridized carbons (Fsp3) is 0.583. The molecule has 3 atom stereocenters. The molecule has 3 aromatic rings. The summed E-state index contributed by atoms with van der Waals surface area (Å²) in [5.41, 5.74) is 2.72. The number of fused-ring (bicyclic) bond motifs is 3. The van der Waals surface area contributed by atoms with Crippen molar-refractivity contribution >= 4 is 68.2 Å². The van der Waals surface area contributed by atoms with E-state index in [-0.39, 0.29) is 15.9 Å². The van der Waals surface area contributed by atoms with Gasteiger partial charge < -0.3 is 15.0 Å². The van der Waals surface area contributed by atoms with E-state index < -0.39 is 0 Å². The highest BCUT2D eigenvalue weighted by molar-refractivity contribution is 14.1. The summed E-state index contributed by atoms with van der Waals surface area (Å²) in [5.74, 6) is 1.49. The first-order valence-corrected chi connectivity index (χ1v) is 15.1. The lowest BCUT2D eigenvalue weighted by molar-refractivity contribution is 0.0988. The molecule has 186 valence electrons. The number of morpholine rings is 1. The highest BCUT2D eigenvalue weighted by Crippen LogP contribution is 2.36. The lowest BCUT2D eigenvalue weighted by atomic mass is 9.87. The van der Waals surface area contributed by atoms with Crippen LogP contribution in [0.2, 0.25) is 0 Å². The molecule has 3 aliphatic rings. The van der Waals surface area contributed by atoms with E-state index in [1.807, 2.05) is 18.5 Å². The lowest BCUT2D eigenvalue weighted by Gasteiger charge is -2.27. The largest absolute Gasteiger partial charge is 0.374 e. The Morgan fingerprint density at radius 1 is 1.29 bits per heavy atom. The summed E-state index contributed by atoms with van der Waals surface area (Å²) >= 11 is 4.86. The van der Waals surface area contributed by atoms with Gasteiger partial charge in [0.2, 0.25) is 0 Å². The molecule has 9 nitrogen and oxygen atoms in total. The number of anilines is 2. The zero-order valence-corrected chi connectivity index (χ0v) is 23.9. The number of nitrogens with one attached hydrogen (secondary N) is 1. The van der Waals surface area contributed by atoms with Crippen molar-refractivity contribution in [1.82, 2.24) is 24.4 Å². The molecule has 6 rings (SSSR count). The molecule has 1 N–H and O–H groups in total. The average Bonchev–Trinajstić information content (AvgIpc) is 3.66. The van der Waals surface area contributed by atoms with E-state index in [9.17, 15) is 4.79 Å². The van der Waals surface area contributed by atoms with E-state index in [1.165, 1.54) is 17.3 Å². The molecule has 0 spiro atoms. The van der Waals surface area contributed by atoms with Gasteiger partial charge in [0.25, 0.3) is 5.91 Å². The molecule has 1 saturated carbocycles. The van der Waals surface area contributed by atoms with Crippen molar-refractivity contribution in [2.45, 2.75) is 61.1 Å². The van der Waals surface area contributed by atoms with Gasteiger partial charge in [-0.3, -0.25) is 9.48 Å². The summed E-state index contributed by atoms with van der Waals surface area (Å²) < 4.78 is 10.9. The first-order chi connectivity index (χ1) is 17.0. The van der Waals surface area contributed by atoms with Crippen molar-refractivity contribution in [2.75, 3.05) is 27.8 Å². The molecule has 0 radical (unpaired) electrons. The van der Waals surface area contributed by atoms with E-state index in [1.54, 1.807) is 10.7 Å². The van der Waals surface area contributed by atoms with Crippen molar-refractivity contribution in [3.05, 3.63) is 35.9 Å². The Bertz CT molecular complexity index is 1230. The van der Waals surface area contributed by atoms with Gasteiger partial charge in [-0.15, -0.1) is 0 Å². The SMILES string of the molecule is CC(I)c1nn([C@H]2CC[C@H](CI)CC2)cc1NC(=O)c1cnn2ccc(N3C[C@H]4C[C@@H]3CO4)nc12. The van der Waals surface area contributed by atoms with Crippen LogP contribution in [-0.4, -0.2) is 60.0 Å². The number of carbonyl (C=O) groups excluding carboxylic acids is 1. The van der Waals surface area contributed by atoms with Crippen LogP contribution in [0, 0.1) is 5.92 Å². The Morgan fingerprint density at radius 3 is 2.80 bits per heavy atom. The quantitative estimate of drug-likeness (QED) is 0.293. The van der Waals surface area contributed by atoms with Crippen molar-refractivity contribution in [2.24, 2.45) is 5.92 Å². The van der Waals surface area contributed by atoms with Crippen LogP contribution >= 0.6 is 45.2 Å². The van der Waals surface area contributed by atoms with Gasteiger partial charge in [-0.05, 0) is 51.0 Å². The lowest BCUT2D eigenvalue weighted by Crippen LogP contribution is -2.37. The maximum Gasteiger partial charge on any atom is 0.261 e. The van der Waals surface area contributed by atoms with Gasteiger partial charge >= 0.3 is 0 Å². The average molecular weight is 701 g/mol. The summed E-state index contributed by atoms with van der Waals surface area (Å²) in [6.07, 6.45) is 11.6. The molecule has 5 heterocycles. The molecule has 1 unspecified atom stereocenters. The maximum absolute atomic E-state index is 13.4. The third-order valence-electron chi connectivity index (χ3n) is 7.59. The minimum Gasteiger partial charge on any atom is -0.374 e. The normalized spacial score (nSPS) is 27.0. The molecule has 2 bridgehead atoms. The van der Waals surface area contributed by atoms with E-state index in [0.29, 0.717) is 23.3 Å². The molecule has 0 aromatic carbocycles. The van der Waals surface area contributed by atoms with Gasteiger partial charge in [0.1, 0.15) is 11.4 Å². The number of alkyl halides is 2. The van der Waals surface area contributed by atoms with Gasteiger partial charge in [-0.2, -0.15) is 10.2 Å². The summed E-state index contributed by atoms with van der Waals surface area (Å²) in [6.45, 7) is 3.69. The summed E-state index contributed by atoms with van der Waals surface area (Å²) in [7, 11) is 0. The monoisotopic (exact) mass is 701 g/mol. The topological polar surface area (TPSA) is 89.6 Å². The molecular weight excluding hydrogens is 672 g/mol. The number of aromatic nitrogens is 5. The summed E-state index contributed by atoms with van der Waals surface area (Å²) in [6, 6.07) is 2.73. The van der Waals surface area contributed by atoms with Gasteiger partial charge in [0, 0.05) is 23.4 Å². The second-order valence-electron chi connectivity index (χ2n) is 9.92. The van der Waals surface area contributed by atoms with Crippen molar-refractivity contribution in [1.29, 1.82) is 0 Å². The van der Waals surface area contributed by atoms with Gasteiger partial charge in [-0.1, -0.05) is 45.2 Å². The molecule has 3 fully saturated rings. The number of hydrogen-bond acceptors (Lipinski definition) is 6. The van der Waals surface area contributed by atoms with Crippen LogP contribution in [0.3, 0.4) is 0 Å². The fourth-order valence-electron chi connectivity index (χ4n) is 5.60. The number of ether oxygens (including phenoxy) is 1. The molecule has 1 aliphatic carbocycles. The molecule has 11 heteroatoms. The number of halogens is 2. The molecule has 1 amide bonds. The van der Waals surface area contributed by atoms with Crippen molar-refractivity contribution < 1.29 is 9.53 Å². The van der Waals surface area contributed by atoms with Crippen LogP contribution in [0.15, 0.2) is 24.7 Å². The smallest absolute Gasteiger partial charge is 0.261 e. The zero-order valence-electron chi connectivity index (χ0n) is 19.6. The second kappa shape index (κ2) is 9.77. The highest BCUT2D eigenvalue weighted by atomic mass is 127. The van der Waals surface area contributed by atoms with Gasteiger partial charge in [0.05, 0.1) is 46.3 Å². The molecule has 3 aromatic heterocycles. The van der Waals surface area contributed by atoms with Gasteiger partial charge in [0.15, 0.2) is 5.65 Å². The van der Waals surface area contributed by atoms with Crippen LogP contribution in [0.4, 0.5) is 11.5 Å². The van der Waals surface area contributed by atoms with Crippen LogP contribution in [0.1, 0.15) is 65.0 Å². The third-order valence-corrected chi connectivity index (χ3v) is 9.42. The highest BCUT2D eigenvalue weighted by Gasteiger charge is 2.39. The number of rotatable bonds is 6. The first kappa shape index (κ1) is 23.9. The van der Waals surface area contributed by atoms with E-state index in [0.717, 1.165) is 55.5 Å². The zero-order chi connectivity index (χ0) is 24.1. The Labute approximate surface area is 231 Å². The predicted octanol–water partition coefficient (Wildman–Crippen LogP) is 4.82. The number of amides is 1. The summed E-state index contributed by atoms with van der Waals surface area (Å²) in [5, 5.41) is 12.4. The van der Waals surface area contributed by atoms with E-state index in [4.69, 9.17) is 14.8 Å². The van der Waals surface area contributed by atoms with Crippen molar-refractivity contribution in [3.8, 4) is 0 Å². The summed E-state index contributed by atoms with van der Waals surface area (Å²) in [4.78, 5) is 20.5. The standard InChI is InChI=1S/C24H29I2N7O2/c1-14(26)22-20(12-33(30-22)16-4-2-15(9-25)3-5-16)28-24(34)19-10-27-32-7-6-21(29-23(19)32)31-11-18-8-17(31)13-35-18/h6-7,10,12,14-18H,2-5,8-9,11,13H2,1H3,(H,28,34)/t14?,15-,16-,17-,18-/m1/s1. The van der Waals surface area contributed by atoms with Gasteiger partial charge in [-0.25, -0.2) is 9.50 Å². The third kappa shape index (κ3) is 4.56. The van der Waals surface area contributed by atoms with Crippen LogP contribution in [0.5, 0.6) is 0 Å². The number of nitrogens with zero attached hydrogens (tertiary/aromatic N) is 6. The Hall–Kier alpha value is -1.48. The Morgan fingerprint density at radius 2 is 2.11 bits per heavy atom. The minimum absolute atomic E-state index is 0.177. The second-order valence-corrected chi connectivity index (χ2v) is 12.7.